The van der Waals surface area contributed by atoms with E-state index in [1.54, 1.807) is 44.2 Å². The largest absolute Gasteiger partial charge is 0.508 e. The molecule has 86 heavy (non-hydrogen) atoms. The molecule has 2 aromatic rings. The van der Waals surface area contributed by atoms with Crippen LogP contribution in [0.2, 0.25) is 0 Å². The Hall–Kier alpha value is -8.54. The lowest BCUT2D eigenvalue weighted by Gasteiger charge is -2.35. The van der Waals surface area contributed by atoms with E-state index >= 15 is 0 Å². The number of hydrogen-bond acceptors (Lipinski definition) is 17. The first kappa shape index (κ1) is 68.2. The number of carboxylic acid groups (broad SMARTS) is 1. The minimum absolute atomic E-state index is 0.0479. The maximum Gasteiger partial charge on any atom is 0.326 e. The van der Waals surface area contributed by atoms with Gasteiger partial charge in [-0.1, -0.05) is 74.9 Å². The van der Waals surface area contributed by atoms with E-state index in [2.05, 4.69) is 42.5 Å². The molecule has 0 radical (unpaired) electrons. The number of aliphatic hydroxyl groups is 3. The molecule has 2 fully saturated rings. The molecule has 29 nitrogen and oxygen atoms in total. The van der Waals surface area contributed by atoms with Crippen molar-refractivity contribution in [2.75, 3.05) is 26.3 Å². The highest BCUT2D eigenvalue weighted by molar-refractivity contribution is 5.99. The molecule has 3 heterocycles. The third kappa shape index (κ3) is 19.2. The summed E-state index contributed by atoms with van der Waals surface area (Å²) in [4.78, 5) is 170. The van der Waals surface area contributed by atoms with Gasteiger partial charge in [0, 0.05) is 32.4 Å². The molecule has 0 bridgehead atoms. The molecule has 29 heteroatoms. The Labute approximate surface area is 496 Å². The summed E-state index contributed by atoms with van der Waals surface area (Å²) in [5.41, 5.74) is 12.1. The average molecular weight is 1210 g/mol. The maximum atomic E-state index is 14.7. The van der Waals surface area contributed by atoms with Crippen LogP contribution in [-0.4, -0.2) is 205 Å². The van der Waals surface area contributed by atoms with Crippen LogP contribution in [0.25, 0.3) is 0 Å². The number of amides is 11. The van der Waals surface area contributed by atoms with E-state index in [4.69, 9.17) is 11.5 Å². The van der Waals surface area contributed by atoms with Crippen molar-refractivity contribution in [3.8, 4) is 5.75 Å². The number of nitrogens with one attached hydrogen (secondary N) is 8. The number of carbonyl (C=O) groups excluding carboxylic acids is 11. The van der Waals surface area contributed by atoms with Crippen molar-refractivity contribution in [1.29, 1.82) is 0 Å². The Morgan fingerprint density at radius 3 is 1.87 bits per heavy atom. The van der Waals surface area contributed by atoms with Gasteiger partial charge in [0.15, 0.2) is 0 Å². The first-order valence-corrected chi connectivity index (χ1v) is 28.5. The average Bonchev–Trinajstić information content (AvgIpc) is 2.58. The van der Waals surface area contributed by atoms with Gasteiger partial charge in [-0.2, -0.15) is 0 Å². The number of benzene rings is 2. The van der Waals surface area contributed by atoms with E-state index in [0.29, 0.717) is 30.4 Å². The van der Waals surface area contributed by atoms with Crippen molar-refractivity contribution in [3.63, 3.8) is 0 Å². The number of phenolic OH excluding ortho intramolecular Hbond substituents is 1. The number of primary amides is 1. The van der Waals surface area contributed by atoms with Crippen LogP contribution < -0.4 is 54.0 Å². The van der Waals surface area contributed by atoms with Gasteiger partial charge in [0.2, 0.25) is 65.0 Å². The Balaban J connectivity index is 1.59. The molecule has 3 aliphatic heterocycles. The summed E-state index contributed by atoms with van der Waals surface area (Å²) < 4.78 is 0. The van der Waals surface area contributed by atoms with Crippen LogP contribution in [0.5, 0.6) is 5.75 Å². The topological polar surface area (TPSA) is 461 Å². The summed E-state index contributed by atoms with van der Waals surface area (Å²) >= 11 is 0. The molecule has 3 aliphatic rings. The minimum atomic E-state index is -1.88. The van der Waals surface area contributed by atoms with Crippen LogP contribution >= 0.6 is 0 Å². The highest BCUT2D eigenvalue weighted by Crippen LogP contribution is 2.27. The lowest BCUT2D eigenvalue weighted by atomic mass is 9.96. The predicted molar refractivity (Wildman–Crippen MR) is 305 cm³/mol. The number of carboxylic acids is 1. The summed E-state index contributed by atoms with van der Waals surface area (Å²) in [5.74, 6) is -12.8. The first-order valence-electron chi connectivity index (χ1n) is 28.5. The van der Waals surface area contributed by atoms with Crippen LogP contribution in [0.4, 0.5) is 0 Å². The number of aliphatic carboxylic acids is 1. The van der Waals surface area contributed by atoms with Crippen LogP contribution in [0.3, 0.4) is 0 Å². The van der Waals surface area contributed by atoms with Crippen LogP contribution in [-0.2, 0) is 70.4 Å². The summed E-state index contributed by atoms with van der Waals surface area (Å²) in [6.07, 6.45) is -0.455. The number of nitrogens with two attached hydrogens (primary N) is 2. The molecular formula is C57H80N12O17. The number of phenols is 1. The molecule has 13 atom stereocenters. The van der Waals surface area contributed by atoms with E-state index in [1.807, 2.05) is 0 Å². The van der Waals surface area contributed by atoms with Gasteiger partial charge < -0.3 is 89.3 Å². The fraction of sp³-hybridized carbons (Fsp3) is 0.544. The van der Waals surface area contributed by atoms with Gasteiger partial charge in [0.25, 0.3) is 0 Å². The SMILES string of the molecule is CC[C@H](C)[C@@H]1NC(=O)[C@H](CO)NC(=O)[C@H](Cc2ccccc2)NC(=O)[C@H]([C@@H](C)O)NC(=O)[C@@H](NC(=O)[C@H](N)CO)C/C=C\C[C@H](C(=O)N[C@@H](Cc2ccc(O)cc2)C(=O)O)NC(=O)[C@H](CCC(N)=O)NC(=O)[C@@H]2CCCN2C(=O)[C@@H]2CCCN2C1=O. The first-order chi connectivity index (χ1) is 40.9. The molecule has 0 spiro atoms. The van der Waals surface area contributed by atoms with E-state index in [1.165, 1.54) is 46.2 Å². The Morgan fingerprint density at radius 2 is 1.27 bits per heavy atom. The smallest absolute Gasteiger partial charge is 0.326 e. The molecule has 0 aliphatic carbocycles. The second-order valence-corrected chi connectivity index (χ2v) is 21.7. The Kier molecular flexibility index (Phi) is 25.9. The van der Waals surface area contributed by atoms with Gasteiger partial charge in [0.1, 0.15) is 72.2 Å². The lowest BCUT2D eigenvalue weighted by Crippen LogP contribution is -2.62. The summed E-state index contributed by atoms with van der Waals surface area (Å²) in [6.45, 7) is 2.77. The summed E-state index contributed by atoms with van der Waals surface area (Å²) in [7, 11) is 0. The van der Waals surface area contributed by atoms with Gasteiger partial charge >= 0.3 is 5.97 Å². The number of fused-ring (bicyclic) bond motifs is 2. The van der Waals surface area contributed by atoms with Gasteiger partial charge in [-0.25, -0.2) is 4.79 Å². The Morgan fingerprint density at radius 1 is 0.686 bits per heavy atom. The van der Waals surface area contributed by atoms with Crippen molar-refractivity contribution in [2.45, 2.75) is 164 Å². The predicted octanol–water partition coefficient (Wildman–Crippen LogP) is -4.52. The normalized spacial score (nSPS) is 26.2. The molecule has 5 rings (SSSR count). The van der Waals surface area contributed by atoms with Crippen LogP contribution in [0.15, 0.2) is 66.7 Å². The Bertz CT molecular complexity index is 2790. The highest BCUT2D eigenvalue weighted by Gasteiger charge is 2.45. The van der Waals surface area contributed by atoms with E-state index < -0.39 is 188 Å². The quantitative estimate of drug-likeness (QED) is 0.0664. The zero-order chi connectivity index (χ0) is 63.4. The molecule has 2 saturated heterocycles. The van der Waals surface area contributed by atoms with E-state index in [0.717, 1.165) is 6.92 Å². The number of aliphatic hydroxyl groups excluding tert-OH is 3. The third-order valence-corrected chi connectivity index (χ3v) is 15.2. The van der Waals surface area contributed by atoms with Gasteiger partial charge in [-0.15, -0.1) is 0 Å². The van der Waals surface area contributed by atoms with Gasteiger partial charge in [-0.05, 0) is 81.0 Å². The number of carbonyl (C=O) groups is 12. The molecule has 2 aromatic carbocycles. The van der Waals surface area contributed by atoms with Crippen LogP contribution in [0.1, 0.15) is 89.7 Å². The second-order valence-electron chi connectivity index (χ2n) is 21.7. The molecular weight excluding hydrogens is 1120 g/mol. The highest BCUT2D eigenvalue weighted by atomic mass is 16.4. The number of nitrogens with zero attached hydrogens (tertiary/aromatic N) is 2. The van der Waals surface area contributed by atoms with Crippen molar-refractivity contribution in [2.24, 2.45) is 17.4 Å². The minimum Gasteiger partial charge on any atom is -0.508 e. The molecule has 0 aromatic heterocycles. The van der Waals surface area contributed by atoms with Gasteiger partial charge in [-0.3, -0.25) is 52.7 Å². The second kappa shape index (κ2) is 32.7. The summed E-state index contributed by atoms with van der Waals surface area (Å²) in [6, 6.07) is -3.45. The number of hydrogen-bond donors (Lipinski definition) is 15. The standard InChI is InChI=1S/C57H80N12O17/c1-4-30(2)45-56(84)69-25-11-17-43(69)55(83)68-24-10-16-42(68)53(81)62-38(22-23-44(59)74)49(77)61-36(48(76)64-40(57(85)86)27-33-18-20-34(73)21-19-33)14-8-9-15-37(60-47(75)35(58)28-70)50(78)67-46(31(3)72)54(82)63-39(26-32-12-6-5-7-13-32)51(79)65-41(29-71)52(80)66-45/h5-9,12-13,18-21,30-31,35-43,45-46,70-73H,4,10-11,14-17,22-29,58H2,1-3H3,(H2,59,74)(H,60,75)(H,61,77)(H,62,81)(H,63,82)(H,64,76)(H,65,79)(H,66,80)(H,67,78)(H,85,86)/b9-8-/t30-,31+,35+,36+,37-,38-,39-,40-,41-,42-,43-,45-,46-/m0/s1. The van der Waals surface area contributed by atoms with Gasteiger partial charge in [0.05, 0.1) is 19.3 Å². The number of rotatable bonds is 17. The van der Waals surface area contributed by atoms with Crippen molar-refractivity contribution in [1.82, 2.24) is 52.3 Å². The molecule has 470 valence electrons. The zero-order valence-electron chi connectivity index (χ0n) is 48.1. The van der Waals surface area contributed by atoms with E-state index in [-0.39, 0.29) is 44.5 Å². The molecule has 0 unspecified atom stereocenters. The molecule has 0 saturated carbocycles. The fourth-order valence-corrected chi connectivity index (χ4v) is 10.1. The fourth-order valence-electron chi connectivity index (χ4n) is 10.1. The zero-order valence-corrected chi connectivity index (χ0v) is 48.1. The monoisotopic (exact) mass is 1200 g/mol. The molecule has 11 amide bonds. The third-order valence-electron chi connectivity index (χ3n) is 15.2. The number of aromatic hydroxyl groups is 1. The van der Waals surface area contributed by atoms with Crippen molar-refractivity contribution < 1.29 is 83.1 Å². The lowest BCUT2D eigenvalue weighted by molar-refractivity contribution is -0.149. The van der Waals surface area contributed by atoms with Crippen molar-refractivity contribution in [3.05, 3.63) is 77.9 Å². The molecule has 17 N–H and O–H groups in total. The summed E-state index contributed by atoms with van der Waals surface area (Å²) in [5, 5.41) is 71.0. The van der Waals surface area contributed by atoms with E-state index in [9.17, 15) is 83.1 Å². The van der Waals surface area contributed by atoms with Crippen molar-refractivity contribution >= 4 is 70.9 Å². The van der Waals surface area contributed by atoms with Crippen LogP contribution in [0, 0.1) is 5.92 Å². The maximum absolute atomic E-state index is 14.7.